The minimum Gasteiger partial charge on any atom is -0.449 e. The molecule has 1 aromatic heterocycles. The highest BCUT2D eigenvalue weighted by Crippen LogP contribution is 2.18. The summed E-state index contributed by atoms with van der Waals surface area (Å²) >= 11 is 1.31. The Bertz CT molecular complexity index is 632. The lowest BCUT2D eigenvalue weighted by molar-refractivity contribution is -0.127. The number of amides is 3. The predicted molar refractivity (Wildman–Crippen MR) is 94.4 cm³/mol. The van der Waals surface area contributed by atoms with E-state index in [1.807, 2.05) is 0 Å². The van der Waals surface area contributed by atoms with Crippen LogP contribution in [0.3, 0.4) is 0 Å². The third-order valence-electron chi connectivity index (χ3n) is 4.01. The molecule has 8 heteroatoms. The molecule has 0 bridgehead atoms. The van der Waals surface area contributed by atoms with Gasteiger partial charge in [0.2, 0.25) is 0 Å². The molecule has 2 N–H and O–H groups in total. The molecule has 1 aliphatic rings. The van der Waals surface area contributed by atoms with Gasteiger partial charge in [-0.05, 0) is 38.2 Å². The van der Waals surface area contributed by atoms with Crippen molar-refractivity contribution < 1.29 is 19.1 Å². The Morgan fingerprint density at radius 3 is 2.68 bits per heavy atom. The first-order valence-corrected chi connectivity index (χ1v) is 9.55. The second-order valence-electron chi connectivity index (χ2n) is 5.91. The number of hydrogen-bond acceptors (Lipinski definition) is 6. The van der Waals surface area contributed by atoms with Gasteiger partial charge in [0.25, 0.3) is 5.91 Å². The van der Waals surface area contributed by atoms with E-state index < -0.39 is 24.0 Å². The van der Waals surface area contributed by atoms with E-state index in [-0.39, 0.29) is 6.04 Å². The number of rotatable bonds is 5. The number of carbonyl (C=O) groups is 3. The standard InChI is InChI=1S/C17H23N3O4S/c1-11(24-16(22)13-9-6-10-18-15(13)25-2)14(21)20-17(23)19-12-7-4-3-5-8-12/h6,9-12H,3-5,7-8H2,1-2H3,(H2,19,20,21,23)/t11-/m1/s1. The Labute approximate surface area is 151 Å². The van der Waals surface area contributed by atoms with Gasteiger partial charge in [0.15, 0.2) is 6.10 Å². The number of pyridine rings is 1. The van der Waals surface area contributed by atoms with Gasteiger partial charge in [0.05, 0.1) is 5.56 Å². The second kappa shape index (κ2) is 9.41. The van der Waals surface area contributed by atoms with Gasteiger partial charge in [0.1, 0.15) is 5.03 Å². The van der Waals surface area contributed by atoms with Crippen molar-refractivity contribution in [3.8, 4) is 0 Å². The molecule has 2 rings (SSSR count). The van der Waals surface area contributed by atoms with Crippen LogP contribution in [0.25, 0.3) is 0 Å². The number of urea groups is 1. The first-order chi connectivity index (χ1) is 12.0. The van der Waals surface area contributed by atoms with Gasteiger partial charge in [-0.3, -0.25) is 10.1 Å². The quantitative estimate of drug-likeness (QED) is 0.615. The Hall–Kier alpha value is -2.09. The molecular formula is C17H23N3O4S. The van der Waals surface area contributed by atoms with Crippen molar-refractivity contribution in [2.24, 2.45) is 0 Å². The van der Waals surface area contributed by atoms with Gasteiger partial charge >= 0.3 is 12.0 Å². The molecule has 25 heavy (non-hydrogen) atoms. The Morgan fingerprint density at radius 1 is 1.28 bits per heavy atom. The van der Waals surface area contributed by atoms with E-state index in [1.54, 1.807) is 24.6 Å². The number of nitrogens with zero attached hydrogens (tertiary/aromatic N) is 1. The summed E-state index contributed by atoms with van der Waals surface area (Å²) in [5, 5.41) is 5.53. The van der Waals surface area contributed by atoms with Crippen molar-refractivity contribution in [1.82, 2.24) is 15.6 Å². The van der Waals surface area contributed by atoms with E-state index in [9.17, 15) is 14.4 Å². The number of hydrogen-bond donors (Lipinski definition) is 2. The Morgan fingerprint density at radius 2 is 2.00 bits per heavy atom. The van der Waals surface area contributed by atoms with E-state index in [4.69, 9.17) is 4.74 Å². The lowest BCUT2D eigenvalue weighted by Crippen LogP contribution is -2.48. The minimum absolute atomic E-state index is 0.0962. The molecular weight excluding hydrogens is 342 g/mol. The van der Waals surface area contributed by atoms with Gasteiger partial charge in [-0.25, -0.2) is 14.6 Å². The van der Waals surface area contributed by atoms with E-state index >= 15 is 0 Å². The summed E-state index contributed by atoms with van der Waals surface area (Å²) in [7, 11) is 0. The zero-order valence-corrected chi connectivity index (χ0v) is 15.2. The van der Waals surface area contributed by atoms with Crippen LogP contribution in [-0.4, -0.2) is 41.3 Å². The minimum atomic E-state index is -1.08. The number of aromatic nitrogens is 1. The SMILES string of the molecule is CSc1ncccc1C(=O)O[C@H](C)C(=O)NC(=O)NC1CCCCC1. The average molecular weight is 365 g/mol. The average Bonchev–Trinajstić information content (AvgIpc) is 2.62. The Balaban J connectivity index is 1.84. The van der Waals surface area contributed by atoms with Crippen LogP contribution >= 0.6 is 11.8 Å². The number of thioether (sulfide) groups is 1. The molecule has 1 aromatic rings. The van der Waals surface area contributed by atoms with Gasteiger partial charge in [-0.2, -0.15) is 0 Å². The van der Waals surface area contributed by atoms with Crippen molar-refractivity contribution in [3.05, 3.63) is 23.9 Å². The third kappa shape index (κ3) is 5.74. The van der Waals surface area contributed by atoms with Gasteiger partial charge in [-0.1, -0.05) is 19.3 Å². The van der Waals surface area contributed by atoms with Crippen LogP contribution in [-0.2, 0) is 9.53 Å². The predicted octanol–water partition coefficient (Wildman–Crippen LogP) is 2.51. The van der Waals surface area contributed by atoms with Crippen molar-refractivity contribution in [2.45, 2.75) is 56.2 Å². The smallest absolute Gasteiger partial charge is 0.341 e. The number of imide groups is 1. The number of ether oxygens (including phenoxy) is 1. The fourth-order valence-electron chi connectivity index (χ4n) is 2.67. The topological polar surface area (TPSA) is 97.4 Å². The van der Waals surface area contributed by atoms with Gasteiger partial charge in [0, 0.05) is 12.2 Å². The van der Waals surface area contributed by atoms with E-state index in [1.165, 1.54) is 25.1 Å². The van der Waals surface area contributed by atoms with E-state index in [2.05, 4.69) is 15.6 Å². The van der Waals surface area contributed by atoms with Crippen LogP contribution in [0.15, 0.2) is 23.4 Å². The second-order valence-corrected chi connectivity index (χ2v) is 6.70. The molecule has 0 aliphatic heterocycles. The van der Waals surface area contributed by atoms with Gasteiger partial charge < -0.3 is 10.1 Å². The lowest BCUT2D eigenvalue weighted by atomic mass is 9.96. The summed E-state index contributed by atoms with van der Waals surface area (Å²) in [6.45, 7) is 1.43. The fourth-order valence-corrected chi connectivity index (χ4v) is 3.21. The summed E-state index contributed by atoms with van der Waals surface area (Å²) in [5.74, 6) is -1.30. The van der Waals surface area contributed by atoms with Gasteiger partial charge in [-0.15, -0.1) is 11.8 Å². The summed E-state index contributed by atoms with van der Waals surface area (Å²) in [4.78, 5) is 40.2. The summed E-state index contributed by atoms with van der Waals surface area (Å²) in [6.07, 6.45) is 7.47. The molecule has 0 radical (unpaired) electrons. The van der Waals surface area contributed by atoms with Crippen LogP contribution < -0.4 is 10.6 Å². The fraction of sp³-hybridized carbons (Fsp3) is 0.529. The molecule has 1 saturated carbocycles. The molecule has 1 fully saturated rings. The zero-order valence-electron chi connectivity index (χ0n) is 14.4. The molecule has 1 heterocycles. The molecule has 0 saturated heterocycles. The van der Waals surface area contributed by atoms with Crippen molar-refractivity contribution >= 4 is 29.7 Å². The highest BCUT2D eigenvalue weighted by Gasteiger charge is 2.23. The highest BCUT2D eigenvalue weighted by atomic mass is 32.2. The van der Waals surface area contributed by atoms with E-state index in [0.717, 1.165) is 25.7 Å². The van der Waals surface area contributed by atoms with Crippen LogP contribution in [0.4, 0.5) is 4.79 Å². The maximum absolute atomic E-state index is 12.2. The lowest BCUT2D eigenvalue weighted by Gasteiger charge is -2.23. The normalized spacial score (nSPS) is 15.9. The molecule has 0 spiro atoms. The summed E-state index contributed by atoms with van der Waals surface area (Å²) < 4.78 is 5.15. The molecule has 3 amide bonds. The number of carbonyl (C=O) groups excluding carboxylic acids is 3. The maximum Gasteiger partial charge on any atom is 0.341 e. The largest absolute Gasteiger partial charge is 0.449 e. The summed E-state index contributed by atoms with van der Waals surface area (Å²) in [6, 6.07) is 2.75. The molecule has 0 unspecified atom stereocenters. The van der Waals surface area contributed by atoms with E-state index in [0.29, 0.717) is 10.6 Å². The van der Waals surface area contributed by atoms with Crippen LogP contribution in [0.2, 0.25) is 0 Å². The van der Waals surface area contributed by atoms with Crippen LogP contribution in [0, 0.1) is 0 Å². The van der Waals surface area contributed by atoms with Crippen molar-refractivity contribution in [2.75, 3.05) is 6.26 Å². The van der Waals surface area contributed by atoms with Crippen molar-refractivity contribution in [3.63, 3.8) is 0 Å². The molecule has 1 atom stereocenters. The third-order valence-corrected chi connectivity index (χ3v) is 4.73. The zero-order chi connectivity index (χ0) is 18.2. The monoisotopic (exact) mass is 365 g/mol. The maximum atomic E-state index is 12.2. The number of esters is 1. The van der Waals surface area contributed by atoms with Crippen LogP contribution in [0.5, 0.6) is 0 Å². The number of nitrogens with one attached hydrogen (secondary N) is 2. The molecule has 7 nitrogen and oxygen atoms in total. The summed E-state index contributed by atoms with van der Waals surface area (Å²) in [5.41, 5.74) is 0.293. The Kier molecular flexibility index (Phi) is 7.24. The first kappa shape index (κ1) is 19.2. The molecule has 136 valence electrons. The highest BCUT2D eigenvalue weighted by molar-refractivity contribution is 7.98. The van der Waals surface area contributed by atoms with Crippen LogP contribution in [0.1, 0.15) is 49.4 Å². The molecule has 0 aromatic carbocycles. The first-order valence-electron chi connectivity index (χ1n) is 8.32. The van der Waals surface area contributed by atoms with Crippen molar-refractivity contribution in [1.29, 1.82) is 0 Å². The molecule has 1 aliphatic carbocycles.